The quantitative estimate of drug-likeness (QED) is 0.264. The van der Waals surface area contributed by atoms with Crippen molar-refractivity contribution in [2.45, 2.75) is 139 Å². The van der Waals surface area contributed by atoms with Crippen LogP contribution in [0.25, 0.3) is 0 Å². The summed E-state index contributed by atoms with van der Waals surface area (Å²) >= 11 is 0. The number of carbonyl (C=O) groups is 1. The van der Waals surface area contributed by atoms with E-state index in [1.54, 1.807) is 0 Å². The molecule has 1 aromatic carbocycles. The average Bonchev–Trinajstić information content (AvgIpc) is 2.75. The molecule has 206 valence electrons. The largest absolute Gasteiger partial charge is 2.00 e. The van der Waals surface area contributed by atoms with Crippen molar-refractivity contribution in [3.63, 3.8) is 0 Å². The van der Waals surface area contributed by atoms with Crippen molar-refractivity contribution in [3.05, 3.63) is 22.3 Å². The van der Waals surface area contributed by atoms with Gasteiger partial charge in [0, 0.05) is 12.5 Å². The molecule has 36 heavy (non-hydrogen) atoms. The minimum absolute atomic E-state index is 0. The second-order valence-electron chi connectivity index (χ2n) is 12.0. The summed E-state index contributed by atoms with van der Waals surface area (Å²) in [7, 11) is 0. The molecule has 0 saturated heterocycles. The van der Waals surface area contributed by atoms with Crippen LogP contribution in [-0.2, 0) is 11.2 Å². The average molecular weight is 533 g/mol. The predicted molar refractivity (Wildman–Crippen MR) is 156 cm³/mol. The molecule has 0 spiro atoms. The van der Waals surface area contributed by atoms with Crippen molar-refractivity contribution in [3.8, 4) is 11.5 Å². The van der Waals surface area contributed by atoms with Gasteiger partial charge in [0.15, 0.2) is 0 Å². The fraction of sp³-hybridized carbons (Fsp3) is 0.774. The maximum absolute atomic E-state index is 10.4. The molecule has 0 aliphatic carbocycles. The topological polar surface area (TPSA) is 66.8 Å². The molecule has 4 nitrogen and oxygen atoms in total. The molecule has 1 heterocycles. The van der Waals surface area contributed by atoms with E-state index in [1.165, 1.54) is 56.9 Å². The molecular weight excluding hydrogens is 476 g/mol. The molecule has 0 unspecified atom stereocenters. The van der Waals surface area contributed by atoms with Gasteiger partial charge < -0.3 is 17.8 Å². The van der Waals surface area contributed by atoms with Crippen LogP contribution in [-0.4, -0.2) is 59.5 Å². The van der Waals surface area contributed by atoms with Crippen LogP contribution in [0.2, 0.25) is 0 Å². The van der Waals surface area contributed by atoms with Gasteiger partial charge in [0.1, 0.15) is 17.1 Å². The van der Waals surface area contributed by atoms with Gasteiger partial charge in [-0.25, -0.2) is 0 Å². The van der Waals surface area contributed by atoms with E-state index in [9.17, 15) is 5.11 Å². The number of hydrogen-bond acceptors (Lipinski definition) is 3. The Morgan fingerprint density at radius 3 is 1.89 bits per heavy atom. The molecule has 1 aromatic rings. The molecule has 2 N–H and O–H groups in total. The van der Waals surface area contributed by atoms with Gasteiger partial charge in [-0.3, -0.25) is 4.79 Å². The summed E-state index contributed by atoms with van der Waals surface area (Å²) in [5, 5.41) is 17.8. The van der Waals surface area contributed by atoms with Crippen molar-refractivity contribution in [2.24, 2.45) is 17.8 Å². The summed E-state index contributed by atoms with van der Waals surface area (Å²) < 4.78 is 6.60. The van der Waals surface area contributed by atoms with Crippen LogP contribution in [0.1, 0.15) is 131 Å². The Morgan fingerprint density at radius 1 is 0.917 bits per heavy atom. The van der Waals surface area contributed by atoms with Crippen molar-refractivity contribution < 1.29 is 22.6 Å². The molecule has 1 aliphatic rings. The molecular formula is C31H56CaO4. The van der Waals surface area contributed by atoms with Crippen LogP contribution in [0, 0.1) is 38.5 Å². The molecule has 0 fully saturated rings. The maximum atomic E-state index is 10.4. The van der Waals surface area contributed by atoms with Crippen molar-refractivity contribution in [1.29, 1.82) is 0 Å². The number of benzene rings is 1. The van der Waals surface area contributed by atoms with Crippen LogP contribution < -0.4 is 4.74 Å². The first kappa shape index (κ1) is 35.5. The number of aromatic hydroxyl groups is 1. The van der Waals surface area contributed by atoms with Crippen LogP contribution in [0.4, 0.5) is 0 Å². The van der Waals surface area contributed by atoms with E-state index < -0.39 is 5.97 Å². The third-order valence-corrected chi connectivity index (χ3v) is 7.87. The van der Waals surface area contributed by atoms with Crippen molar-refractivity contribution in [2.75, 3.05) is 0 Å². The Labute approximate surface area is 255 Å². The number of phenols is 1. The molecule has 0 saturated carbocycles. The Morgan fingerprint density at radius 2 is 1.39 bits per heavy atom. The number of rotatable bonds is 12. The van der Waals surface area contributed by atoms with Gasteiger partial charge in [0.25, 0.3) is 5.97 Å². The zero-order valence-electron chi connectivity index (χ0n) is 26.9. The van der Waals surface area contributed by atoms with Gasteiger partial charge in [-0.1, -0.05) is 72.6 Å². The first-order valence-electron chi connectivity index (χ1n) is 14.0. The van der Waals surface area contributed by atoms with Crippen LogP contribution >= 0.6 is 0 Å². The summed E-state index contributed by atoms with van der Waals surface area (Å²) in [5.41, 5.74) is 4.23. The van der Waals surface area contributed by atoms with E-state index in [-0.39, 0.29) is 46.2 Å². The van der Waals surface area contributed by atoms with Crippen LogP contribution in [0.3, 0.4) is 0 Å². The van der Waals surface area contributed by atoms with Gasteiger partial charge >= 0.3 is 37.7 Å². The zero-order valence-corrected chi connectivity index (χ0v) is 27.1. The monoisotopic (exact) mass is 532 g/mol. The molecule has 2 rings (SSSR count). The van der Waals surface area contributed by atoms with Gasteiger partial charge in [-0.2, -0.15) is 0 Å². The Kier molecular flexibility index (Phi) is 17.0. The molecule has 5 heteroatoms. The second-order valence-corrected chi connectivity index (χ2v) is 12.0. The van der Waals surface area contributed by atoms with E-state index in [1.807, 2.05) is 13.8 Å². The van der Waals surface area contributed by atoms with Gasteiger partial charge in [-0.15, -0.1) is 0 Å². The summed E-state index contributed by atoms with van der Waals surface area (Å²) in [4.78, 5) is 9.00. The van der Waals surface area contributed by atoms with Gasteiger partial charge in [0.2, 0.25) is 0 Å². The van der Waals surface area contributed by atoms with Crippen LogP contribution in [0.5, 0.6) is 11.5 Å². The number of ether oxygens (including phenoxy) is 1. The summed E-state index contributed by atoms with van der Waals surface area (Å²) in [6.07, 6.45) is 14.1. The molecule has 0 radical (unpaired) electrons. The Balaban J connectivity index is -0.00000163. The zero-order chi connectivity index (χ0) is 26.8. The Hall–Kier alpha value is -0.450. The molecule has 1 aliphatic heterocycles. The van der Waals surface area contributed by atoms with E-state index in [4.69, 9.17) is 14.6 Å². The molecule has 0 bridgehead atoms. The maximum Gasteiger partial charge on any atom is 2.00 e. The number of aliphatic carboxylic acids is 1. The number of phenolic OH excluding ortho intramolecular Hbond substituents is 1. The summed E-state index contributed by atoms with van der Waals surface area (Å²) in [6.45, 7) is 19.0. The summed E-state index contributed by atoms with van der Waals surface area (Å²) in [5.74, 6) is 3.20. The molecule has 3 atom stereocenters. The van der Waals surface area contributed by atoms with E-state index >= 15 is 0 Å². The SMILES string of the molecule is CC(=O)O.Cc1c(C)c2c(c(C)c1O)CC[C@@](C)(CCC[C@H](C)CCC[C@H](C)CCCC(C)C)O2.[Ca+2].[H-].[H-]. The molecule has 0 aromatic heterocycles. The van der Waals surface area contributed by atoms with Gasteiger partial charge in [0.05, 0.1) is 0 Å². The third-order valence-electron chi connectivity index (χ3n) is 7.87. The summed E-state index contributed by atoms with van der Waals surface area (Å²) in [6, 6.07) is 0. The standard InChI is InChI=1S/C29H50O2.C2H4O2.Ca.2H/c1-20(2)12-9-13-21(3)14-10-15-22(4)16-11-18-29(8)19-17-26-25(7)27(30)23(5)24(6)28(26)31-29;1-2(3)4;;;/h20-22,30H,9-19H2,1-8H3;1H3,(H,3,4);;;/q;;+2;2*-1/t21-,22-,29-;;;;/m1..../s1. The minimum atomic E-state index is -0.833. The van der Waals surface area contributed by atoms with Crippen molar-refractivity contribution in [1.82, 2.24) is 0 Å². The predicted octanol–water partition coefficient (Wildman–Crippen LogP) is 8.78. The van der Waals surface area contributed by atoms with E-state index in [2.05, 4.69) is 41.5 Å². The van der Waals surface area contributed by atoms with Crippen molar-refractivity contribution >= 4 is 43.7 Å². The number of hydrogen-bond donors (Lipinski definition) is 2. The number of fused-ring (bicyclic) bond motifs is 1. The third kappa shape index (κ3) is 12.4. The number of carboxylic acids is 1. The second kappa shape index (κ2) is 17.2. The normalized spacial score (nSPS) is 18.3. The first-order chi connectivity index (χ1) is 16.3. The fourth-order valence-corrected chi connectivity index (χ4v) is 5.27. The first-order valence-corrected chi connectivity index (χ1v) is 14.0. The van der Waals surface area contributed by atoms with Gasteiger partial charge in [-0.05, 0) is 87.8 Å². The molecule has 0 amide bonds. The fourth-order valence-electron chi connectivity index (χ4n) is 5.27. The number of carboxylic acid groups (broad SMARTS) is 1. The smallest absolute Gasteiger partial charge is 1.00 e. The minimum Gasteiger partial charge on any atom is -1.00 e. The van der Waals surface area contributed by atoms with E-state index in [0.717, 1.165) is 66.4 Å². The Bertz CT molecular complexity index is 812. The van der Waals surface area contributed by atoms with E-state index in [0.29, 0.717) is 5.75 Å². The van der Waals surface area contributed by atoms with Crippen LogP contribution in [0.15, 0.2) is 0 Å².